The van der Waals surface area contributed by atoms with E-state index in [1.165, 1.54) is 0 Å². The zero-order chi connectivity index (χ0) is 9.35. The summed E-state index contributed by atoms with van der Waals surface area (Å²) in [5.41, 5.74) is 0. The fraction of sp³-hybridized carbons (Fsp3) is 0. The molecule has 12 heavy (non-hydrogen) atoms. The molecule has 0 saturated heterocycles. The van der Waals surface area contributed by atoms with Crippen molar-refractivity contribution in [3.8, 4) is 5.75 Å². The molecule has 0 fully saturated rings. The van der Waals surface area contributed by atoms with Crippen molar-refractivity contribution < 1.29 is 17.9 Å². The fourth-order valence-electron chi connectivity index (χ4n) is 0.539. The van der Waals surface area contributed by atoms with Crippen molar-refractivity contribution in [3.63, 3.8) is 0 Å². The molecule has 1 heterocycles. The Morgan fingerprint density at radius 3 is 2.58 bits per heavy atom. The minimum Gasteiger partial charge on any atom is -0.504 e. The van der Waals surface area contributed by atoms with Gasteiger partial charge < -0.3 is 5.11 Å². The predicted octanol–water partition coefficient (Wildman–Crippen LogP) is 0.854. The van der Waals surface area contributed by atoms with Crippen LogP contribution in [0.25, 0.3) is 0 Å². The second-order valence-electron chi connectivity index (χ2n) is 1.91. The number of aromatic hydroxyl groups is 1. The van der Waals surface area contributed by atoms with Gasteiger partial charge in [-0.1, -0.05) is 0 Å². The Morgan fingerprint density at radius 2 is 2.17 bits per heavy atom. The first kappa shape index (κ1) is 9.21. The van der Waals surface area contributed by atoms with Crippen molar-refractivity contribution in [3.05, 3.63) is 18.1 Å². The molecule has 0 aromatic carbocycles. The molecule has 1 N–H and O–H groups in total. The molecule has 66 valence electrons. The smallest absolute Gasteiger partial charge is 0.278 e. The maximum absolute atomic E-state index is 12.5. The van der Waals surface area contributed by atoms with E-state index < -0.39 is 25.6 Å². The van der Waals surface area contributed by atoms with Gasteiger partial charge >= 0.3 is 0 Å². The Kier molecular flexibility index (Phi) is 2.20. The van der Waals surface area contributed by atoms with Crippen LogP contribution in [-0.2, 0) is 9.05 Å². The van der Waals surface area contributed by atoms with E-state index >= 15 is 0 Å². The van der Waals surface area contributed by atoms with Crippen LogP contribution < -0.4 is 0 Å². The molecule has 1 aromatic rings. The monoisotopic (exact) mass is 211 g/mol. The van der Waals surface area contributed by atoms with Crippen LogP contribution in [-0.4, -0.2) is 18.5 Å². The van der Waals surface area contributed by atoms with Gasteiger partial charge in [-0.05, 0) is 0 Å². The van der Waals surface area contributed by atoms with Crippen molar-refractivity contribution >= 4 is 19.7 Å². The molecule has 4 nitrogen and oxygen atoms in total. The lowest BCUT2D eigenvalue weighted by molar-refractivity contribution is 0.426. The van der Waals surface area contributed by atoms with E-state index in [-0.39, 0.29) is 0 Å². The molecule has 0 spiro atoms. The first-order valence-corrected chi connectivity index (χ1v) is 5.01. The zero-order valence-electron chi connectivity index (χ0n) is 5.53. The maximum atomic E-state index is 12.5. The van der Waals surface area contributed by atoms with E-state index in [2.05, 4.69) is 4.98 Å². The van der Waals surface area contributed by atoms with E-state index in [4.69, 9.17) is 15.8 Å². The molecule has 0 aliphatic rings. The van der Waals surface area contributed by atoms with Crippen molar-refractivity contribution in [2.75, 3.05) is 0 Å². The van der Waals surface area contributed by atoms with Crippen LogP contribution in [0.5, 0.6) is 5.75 Å². The molecule has 0 radical (unpaired) electrons. The van der Waals surface area contributed by atoms with E-state index in [1.807, 2.05) is 0 Å². The van der Waals surface area contributed by atoms with E-state index in [0.29, 0.717) is 12.3 Å². The molecule has 1 aromatic heterocycles. The third kappa shape index (κ3) is 1.83. The number of halogens is 2. The van der Waals surface area contributed by atoms with Crippen LogP contribution >= 0.6 is 10.7 Å². The summed E-state index contributed by atoms with van der Waals surface area (Å²) in [5, 5.41) is 8.01. The van der Waals surface area contributed by atoms with Gasteiger partial charge in [-0.15, -0.1) is 0 Å². The van der Waals surface area contributed by atoms with Crippen LogP contribution in [0, 0.1) is 5.82 Å². The molecular formula is C5H3ClFNO3S. The summed E-state index contributed by atoms with van der Waals surface area (Å²) in [6.45, 7) is 0. The number of hydrogen-bond donors (Lipinski definition) is 1. The van der Waals surface area contributed by atoms with Crippen LogP contribution in [0.3, 0.4) is 0 Å². The van der Waals surface area contributed by atoms with Crippen molar-refractivity contribution in [2.24, 2.45) is 0 Å². The highest BCUT2D eigenvalue weighted by molar-refractivity contribution is 8.13. The Morgan fingerprint density at radius 1 is 1.58 bits per heavy atom. The number of rotatable bonds is 1. The van der Waals surface area contributed by atoms with Gasteiger partial charge in [0.2, 0.25) is 0 Å². The van der Waals surface area contributed by atoms with E-state index in [9.17, 15) is 12.8 Å². The molecule has 0 aliphatic carbocycles. The third-order valence-corrected chi connectivity index (χ3v) is 2.26. The third-order valence-electron chi connectivity index (χ3n) is 1.06. The lowest BCUT2D eigenvalue weighted by Crippen LogP contribution is -1.95. The highest BCUT2D eigenvalue weighted by Gasteiger charge is 2.14. The van der Waals surface area contributed by atoms with Gasteiger partial charge in [0.1, 0.15) is 0 Å². The van der Waals surface area contributed by atoms with Gasteiger partial charge in [-0.25, -0.2) is 17.8 Å². The Hall–Kier alpha value is -0.880. The van der Waals surface area contributed by atoms with Gasteiger partial charge in [0.05, 0.1) is 6.20 Å². The van der Waals surface area contributed by atoms with Gasteiger partial charge in [0.15, 0.2) is 16.6 Å². The first-order chi connectivity index (χ1) is 5.41. The van der Waals surface area contributed by atoms with Gasteiger partial charge in [0, 0.05) is 16.7 Å². The quantitative estimate of drug-likeness (QED) is 0.700. The number of aromatic nitrogens is 1. The van der Waals surface area contributed by atoms with Gasteiger partial charge in [-0.2, -0.15) is 0 Å². The average Bonchev–Trinajstić information content (AvgIpc) is 1.92. The molecule has 0 bridgehead atoms. The Balaban J connectivity index is 3.33. The predicted molar refractivity (Wildman–Crippen MR) is 38.9 cm³/mol. The zero-order valence-corrected chi connectivity index (χ0v) is 7.10. The number of pyridine rings is 1. The van der Waals surface area contributed by atoms with Crippen LogP contribution in [0.1, 0.15) is 0 Å². The standard InChI is InChI=1S/C5H3ClFNO3S/c6-12(10,11)5-1-3(7)4(9)2-8-5/h1-2,9H. The summed E-state index contributed by atoms with van der Waals surface area (Å²) in [6, 6.07) is 0.539. The van der Waals surface area contributed by atoms with Crippen LogP contribution in [0.15, 0.2) is 17.3 Å². The summed E-state index contributed by atoms with van der Waals surface area (Å²) in [4.78, 5) is 3.20. The lowest BCUT2D eigenvalue weighted by atomic mass is 10.4. The molecule has 0 unspecified atom stereocenters. The summed E-state index contributed by atoms with van der Waals surface area (Å²) in [5.74, 6) is -1.80. The first-order valence-electron chi connectivity index (χ1n) is 2.70. The molecule has 0 saturated carbocycles. The van der Waals surface area contributed by atoms with Gasteiger partial charge in [-0.3, -0.25) is 0 Å². The SMILES string of the molecule is O=S(=O)(Cl)c1cc(F)c(O)cn1. The van der Waals surface area contributed by atoms with Crippen molar-refractivity contribution in [1.82, 2.24) is 4.98 Å². The van der Waals surface area contributed by atoms with E-state index in [1.54, 1.807) is 0 Å². The van der Waals surface area contributed by atoms with Gasteiger partial charge in [0.25, 0.3) is 9.05 Å². The second-order valence-corrected chi connectivity index (χ2v) is 4.42. The molecule has 1 rings (SSSR count). The highest BCUT2D eigenvalue weighted by atomic mass is 35.7. The summed E-state index contributed by atoms with van der Waals surface area (Å²) >= 11 is 0. The van der Waals surface area contributed by atoms with E-state index in [0.717, 1.165) is 0 Å². The van der Waals surface area contributed by atoms with Crippen LogP contribution in [0.2, 0.25) is 0 Å². The Bertz CT molecular complexity index is 405. The van der Waals surface area contributed by atoms with Crippen molar-refractivity contribution in [2.45, 2.75) is 5.03 Å². The fourth-order valence-corrected chi connectivity index (χ4v) is 1.22. The minimum absolute atomic E-state index is 0.539. The Labute approximate surface area is 72.0 Å². The van der Waals surface area contributed by atoms with Crippen molar-refractivity contribution in [1.29, 1.82) is 0 Å². The molecule has 0 aliphatic heterocycles. The summed E-state index contributed by atoms with van der Waals surface area (Å²) < 4.78 is 33.6. The average molecular weight is 212 g/mol. The summed E-state index contributed by atoms with van der Waals surface area (Å²) in [6.07, 6.45) is 0.671. The highest BCUT2D eigenvalue weighted by Crippen LogP contribution is 2.18. The number of nitrogens with zero attached hydrogens (tertiary/aromatic N) is 1. The lowest BCUT2D eigenvalue weighted by Gasteiger charge is -1.96. The molecule has 7 heteroatoms. The molecule has 0 atom stereocenters. The normalized spacial score (nSPS) is 11.5. The summed E-state index contributed by atoms with van der Waals surface area (Å²) in [7, 11) is 0.812. The molecular weight excluding hydrogens is 209 g/mol. The topological polar surface area (TPSA) is 67.3 Å². The number of hydrogen-bond acceptors (Lipinski definition) is 4. The maximum Gasteiger partial charge on any atom is 0.278 e. The minimum atomic E-state index is -4.03. The largest absolute Gasteiger partial charge is 0.504 e. The molecule has 0 amide bonds. The second kappa shape index (κ2) is 2.87. The van der Waals surface area contributed by atoms with Crippen LogP contribution in [0.4, 0.5) is 4.39 Å².